The number of aliphatic hydroxyl groups excluding tert-OH is 1. The Morgan fingerprint density at radius 2 is 1.60 bits per heavy atom. The lowest BCUT2D eigenvalue weighted by Gasteiger charge is -2.36. The standard InChI is InChI=1S/C13H18O2/c14-10-13(8-2-1-3-9-13)11-4-6-12(15)7-5-11/h4-7,14-15H,1-3,8-10H2. The molecular weight excluding hydrogens is 188 g/mol. The van der Waals surface area contributed by atoms with Crippen LogP contribution >= 0.6 is 0 Å². The molecule has 2 rings (SSSR count). The molecule has 0 aliphatic heterocycles. The van der Waals surface area contributed by atoms with Gasteiger partial charge in [0.1, 0.15) is 5.75 Å². The summed E-state index contributed by atoms with van der Waals surface area (Å²) in [5.41, 5.74) is 1.12. The lowest BCUT2D eigenvalue weighted by Crippen LogP contribution is -2.32. The second-order valence-corrected chi connectivity index (χ2v) is 4.55. The molecule has 1 aromatic rings. The Bertz CT molecular complexity index is 310. The quantitative estimate of drug-likeness (QED) is 0.780. The van der Waals surface area contributed by atoms with Gasteiger partial charge in [0.05, 0.1) is 6.61 Å². The molecule has 0 spiro atoms. The van der Waals surface area contributed by atoms with E-state index in [9.17, 15) is 10.2 Å². The fraction of sp³-hybridized carbons (Fsp3) is 0.538. The van der Waals surface area contributed by atoms with Gasteiger partial charge in [-0.25, -0.2) is 0 Å². The molecule has 82 valence electrons. The van der Waals surface area contributed by atoms with Gasteiger partial charge in [0, 0.05) is 5.41 Å². The van der Waals surface area contributed by atoms with Gasteiger partial charge in [-0.05, 0) is 30.5 Å². The van der Waals surface area contributed by atoms with E-state index in [2.05, 4.69) is 0 Å². The minimum Gasteiger partial charge on any atom is -0.508 e. The van der Waals surface area contributed by atoms with Crippen molar-refractivity contribution in [1.29, 1.82) is 0 Å². The molecule has 15 heavy (non-hydrogen) atoms. The van der Waals surface area contributed by atoms with E-state index in [1.165, 1.54) is 24.8 Å². The topological polar surface area (TPSA) is 40.5 Å². The van der Waals surface area contributed by atoms with Gasteiger partial charge < -0.3 is 10.2 Å². The lowest BCUT2D eigenvalue weighted by atomic mass is 9.70. The van der Waals surface area contributed by atoms with Crippen LogP contribution in [0, 0.1) is 0 Å². The van der Waals surface area contributed by atoms with E-state index >= 15 is 0 Å². The predicted molar refractivity (Wildman–Crippen MR) is 60.0 cm³/mol. The average molecular weight is 206 g/mol. The Morgan fingerprint density at radius 3 is 2.13 bits per heavy atom. The smallest absolute Gasteiger partial charge is 0.115 e. The molecule has 1 aliphatic rings. The van der Waals surface area contributed by atoms with Crippen LogP contribution in [0.1, 0.15) is 37.7 Å². The van der Waals surface area contributed by atoms with Crippen molar-refractivity contribution in [3.8, 4) is 5.75 Å². The molecule has 0 saturated heterocycles. The number of benzene rings is 1. The summed E-state index contributed by atoms with van der Waals surface area (Å²) in [6, 6.07) is 7.30. The summed E-state index contributed by atoms with van der Waals surface area (Å²) in [6.07, 6.45) is 5.80. The van der Waals surface area contributed by atoms with Crippen LogP contribution in [0.4, 0.5) is 0 Å². The minimum absolute atomic E-state index is 0.0497. The zero-order chi connectivity index (χ0) is 10.7. The summed E-state index contributed by atoms with van der Waals surface area (Å²) in [6.45, 7) is 0.220. The van der Waals surface area contributed by atoms with E-state index in [-0.39, 0.29) is 12.0 Å². The Hall–Kier alpha value is -1.02. The molecule has 1 aliphatic carbocycles. The number of phenols is 1. The number of hydrogen-bond acceptors (Lipinski definition) is 2. The van der Waals surface area contributed by atoms with Crippen LogP contribution in [0.3, 0.4) is 0 Å². The first-order valence-electron chi connectivity index (χ1n) is 5.67. The third-order valence-electron chi connectivity index (χ3n) is 3.59. The highest BCUT2D eigenvalue weighted by atomic mass is 16.3. The summed E-state index contributed by atoms with van der Waals surface area (Å²) >= 11 is 0. The molecule has 0 bridgehead atoms. The predicted octanol–water partition coefficient (Wildman–Crippen LogP) is 2.59. The van der Waals surface area contributed by atoms with Crippen molar-refractivity contribution in [3.05, 3.63) is 29.8 Å². The normalized spacial score (nSPS) is 20.1. The molecule has 0 unspecified atom stereocenters. The molecule has 1 fully saturated rings. The second-order valence-electron chi connectivity index (χ2n) is 4.55. The molecule has 0 radical (unpaired) electrons. The zero-order valence-corrected chi connectivity index (χ0v) is 8.95. The number of aromatic hydroxyl groups is 1. The Morgan fingerprint density at radius 1 is 1.00 bits per heavy atom. The number of aliphatic hydroxyl groups is 1. The van der Waals surface area contributed by atoms with Crippen molar-refractivity contribution in [2.75, 3.05) is 6.61 Å². The average Bonchev–Trinajstić information content (AvgIpc) is 2.31. The fourth-order valence-electron chi connectivity index (χ4n) is 2.58. The van der Waals surface area contributed by atoms with E-state index in [4.69, 9.17) is 0 Å². The van der Waals surface area contributed by atoms with Crippen LogP contribution in [-0.4, -0.2) is 16.8 Å². The van der Waals surface area contributed by atoms with Crippen LogP contribution in [-0.2, 0) is 5.41 Å². The molecule has 1 aromatic carbocycles. The molecule has 2 N–H and O–H groups in total. The van der Waals surface area contributed by atoms with E-state index in [1.807, 2.05) is 12.1 Å². The first-order chi connectivity index (χ1) is 7.27. The van der Waals surface area contributed by atoms with Crippen LogP contribution < -0.4 is 0 Å². The SMILES string of the molecule is OCC1(c2ccc(O)cc2)CCCCC1. The third kappa shape index (κ3) is 2.00. The van der Waals surface area contributed by atoms with Crippen molar-refractivity contribution >= 4 is 0 Å². The van der Waals surface area contributed by atoms with E-state index in [1.54, 1.807) is 12.1 Å². The summed E-state index contributed by atoms with van der Waals surface area (Å²) in [5, 5.41) is 18.9. The van der Waals surface area contributed by atoms with Crippen LogP contribution in [0.2, 0.25) is 0 Å². The zero-order valence-electron chi connectivity index (χ0n) is 8.95. The van der Waals surface area contributed by atoms with E-state index in [0.717, 1.165) is 12.8 Å². The van der Waals surface area contributed by atoms with Gasteiger partial charge in [0.25, 0.3) is 0 Å². The summed E-state index contributed by atoms with van der Waals surface area (Å²) in [5.74, 6) is 0.294. The number of rotatable bonds is 2. The largest absolute Gasteiger partial charge is 0.508 e. The van der Waals surface area contributed by atoms with Gasteiger partial charge in [0.2, 0.25) is 0 Å². The highest BCUT2D eigenvalue weighted by Gasteiger charge is 2.32. The summed E-state index contributed by atoms with van der Waals surface area (Å²) < 4.78 is 0. The molecule has 0 aromatic heterocycles. The van der Waals surface area contributed by atoms with E-state index < -0.39 is 0 Å². The first-order valence-corrected chi connectivity index (χ1v) is 5.67. The maximum atomic E-state index is 9.60. The van der Waals surface area contributed by atoms with Gasteiger partial charge in [0.15, 0.2) is 0 Å². The van der Waals surface area contributed by atoms with Crippen molar-refractivity contribution in [2.24, 2.45) is 0 Å². The van der Waals surface area contributed by atoms with Crippen LogP contribution in [0.25, 0.3) is 0 Å². The molecule has 0 heterocycles. The Labute approximate surface area is 90.6 Å². The Balaban J connectivity index is 2.28. The highest BCUT2D eigenvalue weighted by Crippen LogP contribution is 2.39. The Kier molecular flexibility index (Phi) is 2.96. The van der Waals surface area contributed by atoms with Crippen molar-refractivity contribution < 1.29 is 10.2 Å². The van der Waals surface area contributed by atoms with Gasteiger partial charge in [-0.1, -0.05) is 31.4 Å². The number of hydrogen-bond donors (Lipinski definition) is 2. The first kappa shape index (κ1) is 10.5. The van der Waals surface area contributed by atoms with Crippen molar-refractivity contribution in [3.63, 3.8) is 0 Å². The molecule has 0 atom stereocenters. The minimum atomic E-state index is -0.0497. The third-order valence-corrected chi connectivity index (χ3v) is 3.59. The van der Waals surface area contributed by atoms with Gasteiger partial charge >= 0.3 is 0 Å². The van der Waals surface area contributed by atoms with E-state index in [0.29, 0.717) is 5.75 Å². The van der Waals surface area contributed by atoms with Crippen molar-refractivity contribution in [1.82, 2.24) is 0 Å². The maximum absolute atomic E-state index is 9.60. The van der Waals surface area contributed by atoms with Gasteiger partial charge in [-0.15, -0.1) is 0 Å². The summed E-state index contributed by atoms with van der Waals surface area (Å²) in [4.78, 5) is 0. The summed E-state index contributed by atoms with van der Waals surface area (Å²) in [7, 11) is 0. The van der Waals surface area contributed by atoms with Gasteiger partial charge in [-0.2, -0.15) is 0 Å². The molecule has 2 heteroatoms. The fourth-order valence-corrected chi connectivity index (χ4v) is 2.58. The highest BCUT2D eigenvalue weighted by molar-refractivity contribution is 5.32. The number of phenolic OH excluding ortho intramolecular Hbond substituents is 1. The van der Waals surface area contributed by atoms with Crippen LogP contribution in [0.15, 0.2) is 24.3 Å². The second kappa shape index (κ2) is 4.23. The molecule has 1 saturated carbocycles. The van der Waals surface area contributed by atoms with Gasteiger partial charge in [-0.3, -0.25) is 0 Å². The molecule has 2 nitrogen and oxygen atoms in total. The maximum Gasteiger partial charge on any atom is 0.115 e. The molecule has 0 amide bonds. The molecular formula is C13H18O2. The lowest BCUT2D eigenvalue weighted by molar-refractivity contribution is 0.152. The monoisotopic (exact) mass is 206 g/mol. The van der Waals surface area contributed by atoms with Crippen molar-refractivity contribution in [2.45, 2.75) is 37.5 Å². The van der Waals surface area contributed by atoms with Crippen LogP contribution in [0.5, 0.6) is 5.75 Å².